The first kappa shape index (κ1) is 23.2. The number of hydrogen-bond acceptors (Lipinski definition) is 7. The summed E-state index contributed by atoms with van der Waals surface area (Å²) in [5.41, 5.74) is 6.00. The highest BCUT2D eigenvalue weighted by molar-refractivity contribution is 7.92. The molecule has 0 aliphatic heterocycles. The summed E-state index contributed by atoms with van der Waals surface area (Å²) in [5, 5.41) is 0.817. The highest BCUT2D eigenvalue weighted by atomic mass is 32.2. The molecule has 12 heteroatoms. The van der Waals surface area contributed by atoms with Crippen molar-refractivity contribution in [1.29, 1.82) is 0 Å². The third kappa shape index (κ3) is 4.34. The van der Waals surface area contributed by atoms with Crippen molar-refractivity contribution in [3.63, 3.8) is 0 Å². The number of nitrogens with two attached hydrogens (primary N) is 1. The van der Waals surface area contributed by atoms with Crippen molar-refractivity contribution >= 4 is 33.0 Å². The van der Waals surface area contributed by atoms with E-state index in [1.165, 1.54) is 29.7 Å². The van der Waals surface area contributed by atoms with Gasteiger partial charge in [-0.25, -0.2) is 36.5 Å². The maximum Gasteiger partial charge on any atom is 0.267 e. The zero-order valence-corrected chi connectivity index (χ0v) is 19.6. The number of nitrogens with one attached hydrogen (secondary N) is 1. The Morgan fingerprint density at radius 1 is 1.00 bits per heavy atom. The Morgan fingerprint density at radius 2 is 1.71 bits per heavy atom. The molecule has 0 unspecified atom stereocenters. The Balaban J connectivity index is 1.60. The van der Waals surface area contributed by atoms with Crippen LogP contribution in [0.2, 0.25) is 0 Å². The molecule has 180 valence electrons. The summed E-state index contributed by atoms with van der Waals surface area (Å²) in [6.07, 6.45) is 4.49. The molecule has 35 heavy (non-hydrogen) atoms. The van der Waals surface area contributed by atoms with Crippen LogP contribution in [0.4, 0.5) is 24.8 Å². The van der Waals surface area contributed by atoms with Gasteiger partial charge in [0.1, 0.15) is 11.6 Å². The average molecular weight is 518 g/mol. The zero-order chi connectivity index (χ0) is 24.7. The summed E-state index contributed by atoms with van der Waals surface area (Å²) in [5.74, 6) is -3.23. The van der Waals surface area contributed by atoms with E-state index in [1.54, 1.807) is 6.07 Å². The van der Waals surface area contributed by atoms with E-state index in [9.17, 15) is 17.2 Å². The van der Waals surface area contributed by atoms with Crippen LogP contribution in [0.1, 0.15) is 30.2 Å². The van der Waals surface area contributed by atoms with E-state index < -0.39 is 38.1 Å². The lowest BCUT2D eigenvalue weighted by Gasteiger charge is -2.22. The number of aromatic nitrogens is 3. The lowest BCUT2D eigenvalue weighted by Crippen LogP contribution is -2.17. The Bertz CT molecular complexity index is 1520. The van der Waals surface area contributed by atoms with Crippen molar-refractivity contribution in [2.45, 2.75) is 30.1 Å². The molecular weight excluding hydrogens is 499 g/mol. The van der Waals surface area contributed by atoms with Gasteiger partial charge in [-0.1, -0.05) is 18.6 Å². The van der Waals surface area contributed by atoms with Gasteiger partial charge in [-0.05, 0) is 43.2 Å². The van der Waals surface area contributed by atoms with Crippen LogP contribution in [0.5, 0.6) is 0 Å². The minimum atomic E-state index is -4.76. The summed E-state index contributed by atoms with van der Waals surface area (Å²) in [6.45, 7) is 0. The standard InChI is InChI=1S/C23H18F3N5O2S2/c24-14-7-3-8-15(25)21(14)35(32,33)31-16-9-2-6-13(18(16)26)19-20(17-10-11-28-23(27)29-17)34-22(30-19)12-4-1-5-12/h2-3,6-12,31H,1,4-5H2,(H2,27,28,29). The van der Waals surface area contributed by atoms with Gasteiger partial charge in [0.2, 0.25) is 5.95 Å². The summed E-state index contributed by atoms with van der Waals surface area (Å²) >= 11 is 1.37. The number of sulfonamides is 1. The third-order valence-corrected chi connectivity index (χ3v) is 8.35. The normalized spacial score (nSPS) is 14.0. The van der Waals surface area contributed by atoms with Crippen LogP contribution in [-0.2, 0) is 10.0 Å². The molecule has 0 bridgehead atoms. The number of nitrogen functional groups attached to an aromatic ring is 1. The Kier molecular flexibility index (Phi) is 5.93. The Labute approximate surface area is 203 Å². The lowest BCUT2D eigenvalue weighted by atomic mass is 9.86. The molecule has 0 saturated heterocycles. The minimum Gasteiger partial charge on any atom is -0.368 e. The highest BCUT2D eigenvalue weighted by Gasteiger charge is 2.29. The van der Waals surface area contributed by atoms with Crippen molar-refractivity contribution in [2.75, 3.05) is 10.5 Å². The molecule has 1 fully saturated rings. The van der Waals surface area contributed by atoms with Gasteiger partial charge in [-0.2, -0.15) is 0 Å². The summed E-state index contributed by atoms with van der Waals surface area (Å²) in [4.78, 5) is 12.2. The van der Waals surface area contributed by atoms with Crippen molar-refractivity contribution < 1.29 is 21.6 Å². The van der Waals surface area contributed by atoms with E-state index in [2.05, 4.69) is 15.0 Å². The molecule has 2 heterocycles. The van der Waals surface area contributed by atoms with Gasteiger partial charge in [-0.3, -0.25) is 4.72 Å². The summed E-state index contributed by atoms with van der Waals surface area (Å²) < 4.78 is 71.3. The predicted molar refractivity (Wildman–Crippen MR) is 127 cm³/mol. The number of anilines is 2. The molecule has 0 spiro atoms. The van der Waals surface area contributed by atoms with Gasteiger partial charge in [0.15, 0.2) is 10.7 Å². The zero-order valence-electron chi connectivity index (χ0n) is 18.0. The van der Waals surface area contributed by atoms with Crippen LogP contribution in [-0.4, -0.2) is 23.4 Å². The van der Waals surface area contributed by atoms with E-state index in [1.807, 2.05) is 4.72 Å². The molecule has 2 aromatic carbocycles. The molecule has 0 amide bonds. The van der Waals surface area contributed by atoms with Crippen LogP contribution in [0.25, 0.3) is 21.8 Å². The van der Waals surface area contributed by atoms with Gasteiger partial charge in [-0.15, -0.1) is 11.3 Å². The molecule has 1 saturated carbocycles. The van der Waals surface area contributed by atoms with Crippen molar-refractivity contribution in [3.8, 4) is 21.8 Å². The maximum atomic E-state index is 15.7. The van der Waals surface area contributed by atoms with Crippen molar-refractivity contribution in [1.82, 2.24) is 15.0 Å². The van der Waals surface area contributed by atoms with E-state index in [0.29, 0.717) is 10.6 Å². The first-order chi connectivity index (χ1) is 16.7. The number of rotatable bonds is 6. The SMILES string of the molecule is Nc1nccc(-c2sc(C3CCC3)nc2-c2cccc(NS(=O)(=O)c3c(F)cccc3F)c2F)n1. The quantitative estimate of drug-likeness (QED) is 0.357. The second-order valence-electron chi connectivity index (χ2n) is 7.98. The third-order valence-electron chi connectivity index (χ3n) is 5.69. The molecular formula is C23H18F3N5O2S2. The topological polar surface area (TPSA) is 111 Å². The smallest absolute Gasteiger partial charge is 0.267 e. The summed E-state index contributed by atoms with van der Waals surface area (Å²) in [6, 6.07) is 8.32. The van der Waals surface area contributed by atoms with E-state index in [-0.39, 0.29) is 23.1 Å². The number of thiazole rings is 1. The molecule has 1 aliphatic rings. The van der Waals surface area contributed by atoms with Gasteiger partial charge in [0.05, 0.1) is 27.0 Å². The summed E-state index contributed by atoms with van der Waals surface area (Å²) in [7, 11) is -4.76. The minimum absolute atomic E-state index is 0.00760. The molecule has 7 nitrogen and oxygen atoms in total. The second kappa shape index (κ2) is 8.93. The first-order valence-corrected chi connectivity index (χ1v) is 12.9. The van der Waals surface area contributed by atoms with Crippen LogP contribution in [0.15, 0.2) is 53.6 Å². The number of nitrogens with zero attached hydrogens (tertiary/aromatic N) is 3. The number of halogens is 3. The second-order valence-corrected chi connectivity index (χ2v) is 10.6. The van der Waals surface area contributed by atoms with E-state index in [4.69, 9.17) is 5.73 Å². The Morgan fingerprint density at radius 3 is 2.37 bits per heavy atom. The predicted octanol–water partition coefficient (Wildman–Crippen LogP) is 5.33. The molecule has 1 aliphatic carbocycles. The molecule has 0 atom stereocenters. The average Bonchev–Trinajstić information content (AvgIpc) is 3.18. The van der Waals surface area contributed by atoms with E-state index >= 15 is 4.39 Å². The molecule has 5 rings (SSSR count). The van der Waals surface area contributed by atoms with Crippen LogP contribution >= 0.6 is 11.3 Å². The molecule has 2 aromatic heterocycles. The fourth-order valence-corrected chi connectivity index (χ4v) is 6.17. The molecule has 3 N–H and O–H groups in total. The molecule has 4 aromatic rings. The van der Waals surface area contributed by atoms with Crippen LogP contribution in [0, 0.1) is 17.5 Å². The van der Waals surface area contributed by atoms with Crippen LogP contribution < -0.4 is 10.5 Å². The Hall–Kier alpha value is -3.51. The lowest BCUT2D eigenvalue weighted by molar-refractivity contribution is 0.418. The van der Waals surface area contributed by atoms with Crippen molar-refractivity contribution in [3.05, 3.63) is 71.1 Å². The monoisotopic (exact) mass is 517 g/mol. The van der Waals surface area contributed by atoms with Crippen molar-refractivity contribution in [2.24, 2.45) is 0 Å². The van der Waals surface area contributed by atoms with Crippen LogP contribution in [0.3, 0.4) is 0 Å². The van der Waals surface area contributed by atoms with Gasteiger partial charge in [0, 0.05) is 17.7 Å². The van der Waals surface area contributed by atoms with Gasteiger partial charge in [0.25, 0.3) is 10.0 Å². The highest BCUT2D eigenvalue weighted by Crippen LogP contribution is 2.45. The first-order valence-electron chi connectivity index (χ1n) is 10.6. The number of benzene rings is 2. The fourth-order valence-electron chi connectivity index (χ4n) is 3.75. The van der Waals surface area contributed by atoms with Gasteiger partial charge >= 0.3 is 0 Å². The molecule has 0 radical (unpaired) electrons. The van der Waals surface area contributed by atoms with E-state index in [0.717, 1.165) is 48.5 Å². The largest absolute Gasteiger partial charge is 0.368 e. The maximum absolute atomic E-state index is 15.7. The number of hydrogen-bond donors (Lipinski definition) is 2. The van der Waals surface area contributed by atoms with Gasteiger partial charge < -0.3 is 5.73 Å². The fraction of sp³-hybridized carbons (Fsp3) is 0.174.